The average Bonchev–Trinajstić information content (AvgIpc) is 2.55. The molecule has 0 spiro atoms. The fraction of sp³-hybridized carbons (Fsp3) is 0.412. The van der Waals surface area contributed by atoms with Crippen LogP contribution in [0.2, 0.25) is 0 Å². The number of carbonyl (C=O) groups excluding carboxylic acids is 1. The summed E-state index contributed by atoms with van der Waals surface area (Å²) in [5.74, 6) is -0.857. The zero-order valence-corrected chi connectivity index (χ0v) is 13.3. The summed E-state index contributed by atoms with van der Waals surface area (Å²) in [6.45, 7) is 2.07. The molecule has 2 rings (SSSR count). The van der Waals surface area contributed by atoms with Crippen LogP contribution < -0.4 is 10.4 Å². The fourth-order valence-electron chi connectivity index (χ4n) is 2.86. The first-order chi connectivity index (χ1) is 11.4. The van der Waals surface area contributed by atoms with E-state index in [1.54, 1.807) is 0 Å². The Morgan fingerprint density at radius 3 is 2.75 bits per heavy atom. The molecule has 1 fully saturated rings. The van der Waals surface area contributed by atoms with Crippen molar-refractivity contribution in [2.75, 3.05) is 0 Å². The highest BCUT2D eigenvalue weighted by molar-refractivity contribution is 6.01. The number of nitrogens with zero attached hydrogens (tertiary/aromatic N) is 2. The SMILES string of the molecule is C[C@@H]1CCCC[C@@H]1NC(=O)/C(C#N)=C/c1ccc([O-])c([N+](=O)[O-])c1. The van der Waals surface area contributed by atoms with Crippen LogP contribution in [-0.4, -0.2) is 16.9 Å². The minimum absolute atomic E-state index is 0.0290. The van der Waals surface area contributed by atoms with E-state index in [4.69, 9.17) is 0 Å². The normalized spacial score (nSPS) is 20.9. The van der Waals surface area contributed by atoms with E-state index in [9.17, 15) is 25.3 Å². The lowest BCUT2D eigenvalue weighted by Gasteiger charge is -2.29. The van der Waals surface area contributed by atoms with Gasteiger partial charge in [-0.05, 0) is 36.1 Å². The molecule has 0 radical (unpaired) electrons. The molecule has 2 atom stereocenters. The third-order valence-electron chi connectivity index (χ3n) is 4.28. The Kier molecular flexibility index (Phi) is 5.53. The van der Waals surface area contributed by atoms with Gasteiger partial charge in [-0.15, -0.1) is 0 Å². The van der Waals surface area contributed by atoms with Crippen molar-refractivity contribution in [3.05, 3.63) is 39.4 Å². The summed E-state index contributed by atoms with van der Waals surface area (Å²) in [6, 6.07) is 5.32. The number of hydrogen-bond donors (Lipinski definition) is 1. The van der Waals surface area contributed by atoms with Crippen LogP contribution in [-0.2, 0) is 4.79 Å². The van der Waals surface area contributed by atoms with Gasteiger partial charge in [0.1, 0.15) is 11.6 Å². The van der Waals surface area contributed by atoms with Crippen LogP contribution in [0.1, 0.15) is 38.2 Å². The van der Waals surface area contributed by atoms with Crippen LogP contribution in [0.25, 0.3) is 6.08 Å². The fourth-order valence-corrected chi connectivity index (χ4v) is 2.86. The van der Waals surface area contributed by atoms with Crippen molar-refractivity contribution in [2.24, 2.45) is 5.92 Å². The molecule has 7 heteroatoms. The maximum Gasteiger partial charge on any atom is 0.262 e. The van der Waals surface area contributed by atoms with Gasteiger partial charge in [-0.3, -0.25) is 14.9 Å². The number of nitro groups is 1. The summed E-state index contributed by atoms with van der Waals surface area (Å²) in [4.78, 5) is 22.3. The predicted molar refractivity (Wildman–Crippen MR) is 85.7 cm³/mol. The molecule has 1 aromatic carbocycles. The van der Waals surface area contributed by atoms with Gasteiger partial charge in [-0.2, -0.15) is 5.26 Å². The van der Waals surface area contributed by atoms with E-state index in [1.807, 2.05) is 6.07 Å². The van der Waals surface area contributed by atoms with E-state index < -0.39 is 22.3 Å². The highest BCUT2D eigenvalue weighted by Gasteiger charge is 2.24. The summed E-state index contributed by atoms with van der Waals surface area (Å²) in [6.07, 6.45) is 5.35. The zero-order valence-electron chi connectivity index (χ0n) is 13.3. The molecule has 1 saturated carbocycles. The first-order valence-corrected chi connectivity index (χ1v) is 7.80. The molecule has 0 aliphatic heterocycles. The smallest absolute Gasteiger partial charge is 0.262 e. The summed E-state index contributed by atoms with van der Waals surface area (Å²) in [5, 5.41) is 34.3. The van der Waals surface area contributed by atoms with Crippen molar-refractivity contribution in [1.82, 2.24) is 5.32 Å². The van der Waals surface area contributed by atoms with Crippen LogP contribution in [0.4, 0.5) is 5.69 Å². The topological polar surface area (TPSA) is 119 Å². The zero-order chi connectivity index (χ0) is 17.7. The van der Waals surface area contributed by atoms with E-state index in [2.05, 4.69) is 12.2 Å². The van der Waals surface area contributed by atoms with Crippen LogP contribution >= 0.6 is 0 Å². The predicted octanol–water partition coefficient (Wildman–Crippen LogP) is 2.27. The molecule has 1 aliphatic rings. The maximum atomic E-state index is 12.3. The molecule has 0 bridgehead atoms. The number of nitro benzene ring substituents is 1. The quantitative estimate of drug-likeness (QED) is 0.393. The Hall–Kier alpha value is -2.88. The monoisotopic (exact) mass is 328 g/mol. The maximum absolute atomic E-state index is 12.3. The van der Waals surface area contributed by atoms with Crippen molar-refractivity contribution in [1.29, 1.82) is 5.26 Å². The molecular formula is C17H18N3O4-. The van der Waals surface area contributed by atoms with Crippen molar-refractivity contribution < 1.29 is 14.8 Å². The average molecular weight is 328 g/mol. The molecule has 0 aromatic heterocycles. The number of amides is 1. The van der Waals surface area contributed by atoms with Gasteiger partial charge in [-0.1, -0.05) is 31.9 Å². The first-order valence-electron chi connectivity index (χ1n) is 7.80. The van der Waals surface area contributed by atoms with Gasteiger partial charge in [0.15, 0.2) is 0 Å². The Balaban J connectivity index is 2.19. The number of nitriles is 1. The van der Waals surface area contributed by atoms with Crippen LogP contribution in [0, 0.1) is 27.4 Å². The molecule has 0 unspecified atom stereocenters. The van der Waals surface area contributed by atoms with Gasteiger partial charge < -0.3 is 10.4 Å². The molecule has 1 aliphatic carbocycles. The van der Waals surface area contributed by atoms with Crippen LogP contribution in [0.15, 0.2) is 23.8 Å². The van der Waals surface area contributed by atoms with E-state index in [0.29, 0.717) is 5.92 Å². The van der Waals surface area contributed by atoms with Gasteiger partial charge in [-0.25, -0.2) is 0 Å². The van der Waals surface area contributed by atoms with Crippen LogP contribution in [0.3, 0.4) is 0 Å². The highest BCUT2D eigenvalue weighted by atomic mass is 16.6. The lowest BCUT2D eigenvalue weighted by Crippen LogP contribution is -2.41. The van der Waals surface area contributed by atoms with Crippen molar-refractivity contribution in [3.63, 3.8) is 0 Å². The molecule has 1 N–H and O–H groups in total. The molecule has 1 amide bonds. The molecule has 126 valence electrons. The molecule has 24 heavy (non-hydrogen) atoms. The van der Waals surface area contributed by atoms with Crippen molar-refractivity contribution in [3.8, 4) is 11.8 Å². The summed E-state index contributed by atoms with van der Waals surface area (Å²) in [5.41, 5.74) is -0.451. The highest BCUT2D eigenvalue weighted by Crippen LogP contribution is 2.26. The molecule has 0 saturated heterocycles. The van der Waals surface area contributed by atoms with E-state index in [-0.39, 0.29) is 17.2 Å². The van der Waals surface area contributed by atoms with Gasteiger partial charge in [0, 0.05) is 12.1 Å². The van der Waals surface area contributed by atoms with Crippen LogP contribution in [0.5, 0.6) is 5.75 Å². The summed E-state index contributed by atoms with van der Waals surface area (Å²) >= 11 is 0. The molecule has 1 aromatic rings. The van der Waals surface area contributed by atoms with E-state index >= 15 is 0 Å². The third-order valence-corrected chi connectivity index (χ3v) is 4.28. The second kappa shape index (κ2) is 7.59. The van der Waals surface area contributed by atoms with E-state index in [0.717, 1.165) is 37.8 Å². The van der Waals surface area contributed by atoms with Gasteiger partial charge in [0.2, 0.25) is 0 Å². The Bertz CT molecular complexity index is 721. The van der Waals surface area contributed by atoms with Gasteiger partial charge in [0.05, 0.1) is 4.92 Å². The van der Waals surface area contributed by atoms with Crippen molar-refractivity contribution in [2.45, 2.75) is 38.6 Å². The largest absolute Gasteiger partial charge is 0.868 e. The summed E-state index contributed by atoms with van der Waals surface area (Å²) < 4.78 is 0. The lowest BCUT2D eigenvalue weighted by atomic mass is 9.86. The van der Waals surface area contributed by atoms with Crippen molar-refractivity contribution >= 4 is 17.7 Å². The molecular weight excluding hydrogens is 310 g/mol. The second-order valence-electron chi connectivity index (χ2n) is 6.00. The van der Waals surface area contributed by atoms with Gasteiger partial charge in [0.25, 0.3) is 11.6 Å². The second-order valence-corrected chi connectivity index (χ2v) is 6.00. The number of benzene rings is 1. The Morgan fingerprint density at radius 1 is 1.42 bits per heavy atom. The Labute approximate surface area is 139 Å². The number of rotatable bonds is 4. The lowest BCUT2D eigenvalue weighted by molar-refractivity contribution is -0.398. The Morgan fingerprint density at radius 2 is 2.12 bits per heavy atom. The minimum atomic E-state index is -0.782. The summed E-state index contributed by atoms with van der Waals surface area (Å²) in [7, 11) is 0. The molecule has 7 nitrogen and oxygen atoms in total. The third kappa shape index (κ3) is 4.10. The number of hydrogen-bond acceptors (Lipinski definition) is 5. The van der Waals surface area contributed by atoms with Gasteiger partial charge >= 0.3 is 0 Å². The minimum Gasteiger partial charge on any atom is -0.868 e. The number of carbonyl (C=O) groups is 1. The number of nitrogens with one attached hydrogen (secondary N) is 1. The first kappa shape index (κ1) is 17.5. The van der Waals surface area contributed by atoms with E-state index in [1.165, 1.54) is 12.1 Å². The molecule has 0 heterocycles. The standard InChI is InChI=1S/C17H19N3O4/c1-11-4-2-3-5-14(11)19-17(22)13(10-18)8-12-6-7-16(21)15(9-12)20(23)24/h6-9,11,14,21H,2-5H2,1H3,(H,19,22)/p-1/b13-8+/t11-,14+/m1/s1.